The highest BCUT2D eigenvalue weighted by molar-refractivity contribution is 7.14. The van der Waals surface area contributed by atoms with Crippen LogP contribution in [-0.4, -0.2) is 42.6 Å². The van der Waals surface area contributed by atoms with Crippen LogP contribution in [0.3, 0.4) is 0 Å². The number of nitrogens with zero attached hydrogens (tertiary/aromatic N) is 2. The van der Waals surface area contributed by atoms with E-state index >= 15 is 0 Å². The summed E-state index contributed by atoms with van der Waals surface area (Å²) >= 11 is 13.9. The highest BCUT2D eigenvalue weighted by atomic mass is 35.5. The fraction of sp³-hybridized carbons (Fsp3) is 0.500. The van der Waals surface area contributed by atoms with Gasteiger partial charge in [0.05, 0.1) is 23.8 Å². The van der Waals surface area contributed by atoms with Gasteiger partial charge in [-0.1, -0.05) is 23.2 Å². The second-order valence-electron chi connectivity index (χ2n) is 7.74. The summed E-state index contributed by atoms with van der Waals surface area (Å²) in [4.78, 5) is 20.9. The Kier molecular flexibility index (Phi) is 5.83. The standard InChI is InChI=1S/C20H24Cl2N4OS/c21-14-4-5-15(16(22)12-14)17-13-28-19(24-17)25-10-6-20(7-11-25,18(23)27)26-8-2-1-3-9-26/h4-5,12-13H,1-3,6-11H2,(H2,23,27)/p+1. The normalized spacial score (nSPS) is 20.3. The number of halogens is 2. The number of nitrogens with one attached hydrogen (secondary N) is 1. The third kappa shape index (κ3) is 3.75. The number of benzene rings is 1. The molecule has 0 radical (unpaired) electrons. The van der Waals surface area contributed by atoms with E-state index in [9.17, 15) is 4.79 Å². The zero-order valence-corrected chi connectivity index (χ0v) is 18.0. The van der Waals surface area contributed by atoms with Crippen molar-refractivity contribution in [1.82, 2.24) is 4.98 Å². The topological polar surface area (TPSA) is 63.7 Å². The van der Waals surface area contributed by atoms with Gasteiger partial charge in [-0.2, -0.15) is 0 Å². The predicted molar refractivity (Wildman–Crippen MR) is 115 cm³/mol. The second-order valence-corrected chi connectivity index (χ2v) is 9.42. The quantitative estimate of drug-likeness (QED) is 0.769. The van der Waals surface area contributed by atoms with Gasteiger partial charge >= 0.3 is 0 Å². The molecule has 5 nitrogen and oxygen atoms in total. The van der Waals surface area contributed by atoms with E-state index in [1.54, 1.807) is 17.4 Å². The van der Waals surface area contributed by atoms with Crippen molar-refractivity contribution >= 4 is 45.6 Å². The van der Waals surface area contributed by atoms with Gasteiger partial charge in [0.25, 0.3) is 5.91 Å². The van der Waals surface area contributed by atoms with Crippen LogP contribution in [0.5, 0.6) is 0 Å². The monoisotopic (exact) mass is 439 g/mol. The minimum Gasteiger partial charge on any atom is -0.364 e. The molecule has 1 amide bonds. The van der Waals surface area contributed by atoms with Crippen molar-refractivity contribution in [3.05, 3.63) is 33.6 Å². The van der Waals surface area contributed by atoms with Crippen LogP contribution in [0.2, 0.25) is 10.0 Å². The van der Waals surface area contributed by atoms with Gasteiger partial charge in [-0.25, -0.2) is 4.98 Å². The summed E-state index contributed by atoms with van der Waals surface area (Å²) in [6.07, 6.45) is 5.21. The van der Waals surface area contributed by atoms with Crippen molar-refractivity contribution in [3.8, 4) is 11.3 Å². The van der Waals surface area contributed by atoms with Crippen molar-refractivity contribution in [2.45, 2.75) is 37.6 Å². The molecule has 0 bridgehead atoms. The summed E-state index contributed by atoms with van der Waals surface area (Å²) in [6.45, 7) is 3.71. The van der Waals surface area contributed by atoms with E-state index in [2.05, 4.69) is 4.90 Å². The number of primary amides is 1. The molecule has 4 rings (SSSR count). The molecule has 8 heteroatoms. The first kappa shape index (κ1) is 20.0. The van der Waals surface area contributed by atoms with E-state index in [4.69, 9.17) is 33.9 Å². The van der Waals surface area contributed by atoms with Crippen LogP contribution in [0.15, 0.2) is 23.6 Å². The third-order valence-corrected chi connectivity index (χ3v) is 7.64. The van der Waals surface area contributed by atoms with Gasteiger partial charge in [-0.05, 0) is 37.5 Å². The molecule has 0 aliphatic carbocycles. The Morgan fingerprint density at radius 1 is 1.18 bits per heavy atom. The van der Waals surface area contributed by atoms with E-state index in [1.165, 1.54) is 24.2 Å². The average Bonchev–Trinajstić information content (AvgIpc) is 3.18. The summed E-state index contributed by atoms with van der Waals surface area (Å²) < 4.78 is 0. The number of nitrogens with two attached hydrogens (primary N) is 1. The largest absolute Gasteiger partial charge is 0.364 e. The third-order valence-electron chi connectivity index (χ3n) is 6.19. The van der Waals surface area contributed by atoms with Crippen LogP contribution in [0.1, 0.15) is 32.1 Å². The molecule has 2 fully saturated rings. The predicted octanol–water partition coefficient (Wildman–Crippen LogP) is 3.01. The zero-order valence-electron chi connectivity index (χ0n) is 15.7. The minimum atomic E-state index is -0.420. The molecule has 3 heterocycles. The van der Waals surface area contributed by atoms with Gasteiger partial charge in [0.2, 0.25) is 0 Å². The lowest BCUT2D eigenvalue weighted by Gasteiger charge is -2.45. The molecule has 1 aromatic carbocycles. The van der Waals surface area contributed by atoms with E-state index in [-0.39, 0.29) is 5.91 Å². The SMILES string of the molecule is NC(=O)C1([NH+]2CCCCC2)CCN(c2nc(-c3ccc(Cl)cc3Cl)cs2)CC1. The molecule has 2 aliphatic rings. The summed E-state index contributed by atoms with van der Waals surface area (Å²) in [5.41, 5.74) is 7.23. The number of amides is 1. The zero-order chi connectivity index (χ0) is 19.7. The minimum absolute atomic E-state index is 0.142. The number of hydrogen-bond acceptors (Lipinski definition) is 4. The van der Waals surface area contributed by atoms with Crippen molar-refractivity contribution in [1.29, 1.82) is 0 Å². The molecule has 2 saturated heterocycles. The van der Waals surface area contributed by atoms with E-state index in [0.29, 0.717) is 10.0 Å². The number of hydrogen-bond donors (Lipinski definition) is 2. The number of rotatable bonds is 4. The Bertz CT molecular complexity index is 858. The van der Waals surface area contributed by atoms with Crippen molar-refractivity contribution in [2.75, 3.05) is 31.1 Å². The molecule has 0 atom stereocenters. The van der Waals surface area contributed by atoms with Gasteiger partial charge in [-0.15, -0.1) is 11.3 Å². The summed E-state index contributed by atoms with van der Waals surface area (Å²) in [5, 5.41) is 4.21. The Balaban J connectivity index is 1.49. The first-order chi connectivity index (χ1) is 13.5. The number of piperidine rings is 2. The molecule has 3 N–H and O–H groups in total. The Hall–Kier alpha value is -1.34. The van der Waals surface area contributed by atoms with E-state index in [0.717, 1.165) is 55.4 Å². The lowest BCUT2D eigenvalue weighted by molar-refractivity contribution is -0.947. The molecule has 0 spiro atoms. The van der Waals surface area contributed by atoms with E-state index in [1.807, 2.05) is 17.5 Å². The smallest absolute Gasteiger partial charge is 0.278 e. The fourth-order valence-corrected chi connectivity index (χ4v) is 5.93. The molecule has 2 aliphatic heterocycles. The lowest BCUT2D eigenvalue weighted by Crippen LogP contribution is -3.22. The van der Waals surface area contributed by atoms with Crippen LogP contribution < -0.4 is 15.5 Å². The van der Waals surface area contributed by atoms with Gasteiger partial charge in [0, 0.05) is 41.9 Å². The van der Waals surface area contributed by atoms with Crippen molar-refractivity contribution in [2.24, 2.45) is 5.73 Å². The highest BCUT2D eigenvalue weighted by Crippen LogP contribution is 2.35. The molecular weight excluding hydrogens is 415 g/mol. The first-order valence-electron chi connectivity index (χ1n) is 9.80. The van der Waals surface area contributed by atoms with Gasteiger partial charge in [0.1, 0.15) is 0 Å². The summed E-state index contributed by atoms with van der Waals surface area (Å²) in [6, 6.07) is 5.46. The molecule has 0 unspecified atom stereocenters. The number of likely N-dealkylation sites (tertiary alicyclic amines) is 1. The van der Waals surface area contributed by atoms with Crippen molar-refractivity contribution in [3.63, 3.8) is 0 Å². The number of carbonyl (C=O) groups is 1. The molecule has 1 aromatic heterocycles. The summed E-state index contributed by atoms with van der Waals surface area (Å²) in [7, 11) is 0. The van der Waals surface area contributed by atoms with Crippen LogP contribution in [0.4, 0.5) is 5.13 Å². The molecular formula is C20H25Cl2N4OS+. The lowest BCUT2D eigenvalue weighted by atomic mass is 9.83. The molecule has 28 heavy (non-hydrogen) atoms. The first-order valence-corrected chi connectivity index (χ1v) is 11.4. The fourth-order valence-electron chi connectivity index (χ4n) is 4.54. The highest BCUT2D eigenvalue weighted by Gasteiger charge is 2.49. The molecule has 150 valence electrons. The Morgan fingerprint density at radius 2 is 1.89 bits per heavy atom. The average molecular weight is 440 g/mol. The van der Waals surface area contributed by atoms with Gasteiger partial charge < -0.3 is 15.5 Å². The number of quaternary nitrogens is 1. The van der Waals surface area contributed by atoms with Crippen LogP contribution >= 0.6 is 34.5 Å². The van der Waals surface area contributed by atoms with E-state index < -0.39 is 5.54 Å². The molecule has 0 saturated carbocycles. The molecule has 2 aromatic rings. The number of carbonyl (C=O) groups excluding carboxylic acids is 1. The maximum atomic E-state index is 12.4. The van der Waals surface area contributed by atoms with Crippen LogP contribution in [-0.2, 0) is 4.79 Å². The maximum absolute atomic E-state index is 12.4. The van der Waals surface area contributed by atoms with Crippen LogP contribution in [0, 0.1) is 0 Å². The Labute approximate surface area is 179 Å². The van der Waals surface area contributed by atoms with Gasteiger partial charge in [0.15, 0.2) is 10.7 Å². The van der Waals surface area contributed by atoms with Crippen LogP contribution in [0.25, 0.3) is 11.3 Å². The van der Waals surface area contributed by atoms with Crippen molar-refractivity contribution < 1.29 is 9.69 Å². The maximum Gasteiger partial charge on any atom is 0.278 e. The number of thiazole rings is 1. The van der Waals surface area contributed by atoms with Gasteiger partial charge in [-0.3, -0.25) is 4.79 Å². The summed E-state index contributed by atoms with van der Waals surface area (Å²) in [5.74, 6) is -0.142. The second kappa shape index (κ2) is 8.19. The number of aromatic nitrogens is 1. The number of anilines is 1. The Morgan fingerprint density at radius 3 is 2.54 bits per heavy atom.